The fourth-order valence-corrected chi connectivity index (χ4v) is 5.57. The van der Waals surface area contributed by atoms with Crippen LogP contribution in [0.2, 0.25) is 0 Å². The maximum atomic E-state index is 13.4. The third kappa shape index (κ3) is 5.94. The van der Waals surface area contributed by atoms with Crippen molar-refractivity contribution in [2.24, 2.45) is 4.99 Å². The number of nitrogens with zero attached hydrogens (tertiary/aromatic N) is 2. The summed E-state index contributed by atoms with van der Waals surface area (Å²) in [5, 5.41) is 5.55. The molecule has 1 aromatic rings. The van der Waals surface area contributed by atoms with Crippen LogP contribution in [0, 0.1) is 0 Å². The van der Waals surface area contributed by atoms with Crippen LogP contribution in [0.4, 0.5) is 0 Å². The summed E-state index contributed by atoms with van der Waals surface area (Å²) < 4.78 is 27.5. The number of carbonyl (C=O) groups is 2. The quantitative estimate of drug-likeness (QED) is 0.340. The zero-order valence-corrected chi connectivity index (χ0v) is 22.4. The SMILES string of the molecule is COCCOC(=O)C1=C(C)N=C2SC=C(CC(=O)NC[C@H]3CCCO3)N2[C@H]1c1cccc(OC)c1OC. The molecule has 0 unspecified atom stereocenters. The molecule has 0 aliphatic carbocycles. The number of amides is 1. The van der Waals surface area contributed by atoms with E-state index in [1.54, 1.807) is 34.3 Å². The third-order valence-electron chi connectivity index (χ3n) is 6.36. The number of ether oxygens (including phenoxy) is 5. The second kappa shape index (κ2) is 12.5. The van der Waals surface area contributed by atoms with Gasteiger partial charge in [0.2, 0.25) is 5.91 Å². The first kappa shape index (κ1) is 27.0. The van der Waals surface area contributed by atoms with Gasteiger partial charge in [-0.3, -0.25) is 4.79 Å². The number of hydrogen-bond acceptors (Lipinski definition) is 10. The molecule has 0 aromatic heterocycles. The first-order valence-electron chi connectivity index (χ1n) is 12.2. The van der Waals surface area contributed by atoms with E-state index < -0.39 is 12.0 Å². The molecule has 4 rings (SSSR count). The molecule has 200 valence electrons. The Morgan fingerprint density at radius 3 is 2.76 bits per heavy atom. The van der Waals surface area contributed by atoms with E-state index >= 15 is 0 Å². The smallest absolute Gasteiger partial charge is 0.338 e. The molecule has 3 aliphatic heterocycles. The number of amidine groups is 1. The molecule has 0 radical (unpaired) electrons. The molecule has 3 aliphatic rings. The molecular weight excluding hydrogens is 498 g/mol. The Morgan fingerprint density at radius 2 is 2.05 bits per heavy atom. The summed E-state index contributed by atoms with van der Waals surface area (Å²) in [6, 6.07) is 4.87. The normalized spacial score (nSPS) is 20.8. The lowest BCUT2D eigenvalue weighted by Crippen LogP contribution is -2.39. The maximum Gasteiger partial charge on any atom is 0.338 e. The van der Waals surface area contributed by atoms with Crippen molar-refractivity contribution in [3.05, 3.63) is 46.1 Å². The molecule has 3 heterocycles. The van der Waals surface area contributed by atoms with Gasteiger partial charge in [0.1, 0.15) is 6.61 Å². The number of allylic oxidation sites excluding steroid dienone is 1. The zero-order valence-electron chi connectivity index (χ0n) is 21.6. The molecule has 10 nitrogen and oxygen atoms in total. The Labute approximate surface area is 221 Å². The molecule has 0 bridgehead atoms. The number of esters is 1. The van der Waals surface area contributed by atoms with Crippen molar-refractivity contribution in [2.75, 3.05) is 47.7 Å². The van der Waals surface area contributed by atoms with E-state index in [0.717, 1.165) is 25.1 Å². The summed E-state index contributed by atoms with van der Waals surface area (Å²) in [7, 11) is 4.66. The van der Waals surface area contributed by atoms with Crippen molar-refractivity contribution >= 4 is 28.8 Å². The van der Waals surface area contributed by atoms with Crippen LogP contribution in [0.1, 0.15) is 37.8 Å². The predicted octanol–water partition coefficient (Wildman–Crippen LogP) is 3.15. The summed E-state index contributed by atoms with van der Waals surface area (Å²) in [5.41, 5.74) is 2.31. The number of carbonyl (C=O) groups excluding carboxylic acids is 2. The molecule has 0 saturated carbocycles. The molecule has 1 N–H and O–H groups in total. The average Bonchev–Trinajstić information content (AvgIpc) is 3.56. The minimum Gasteiger partial charge on any atom is -0.493 e. The number of hydrogen-bond donors (Lipinski definition) is 1. The lowest BCUT2D eigenvalue weighted by atomic mass is 9.92. The van der Waals surface area contributed by atoms with Crippen LogP contribution < -0.4 is 14.8 Å². The van der Waals surface area contributed by atoms with E-state index in [1.165, 1.54) is 11.8 Å². The number of nitrogens with one attached hydrogen (secondary N) is 1. The Hall–Kier alpha value is -3.02. The monoisotopic (exact) mass is 531 g/mol. The first-order valence-corrected chi connectivity index (χ1v) is 13.1. The molecule has 11 heteroatoms. The van der Waals surface area contributed by atoms with Gasteiger partial charge in [-0.15, -0.1) is 0 Å². The minimum absolute atomic E-state index is 0.0517. The Balaban J connectivity index is 1.67. The maximum absolute atomic E-state index is 13.4. The van der Waals surface area contributed by atoms with Gasteiger partial charge in [-0.1, -0.05) is 23.9 Å². The molecule has 0 spiro atoms. The van der Waals surface area contributed by atoms with Crippen LogP contribution >= 0.6 is 11.8 Å². The fourth-order valence-electron chi connectivity index (χ4n) is 4.61. The van der Waals surface area contributed by atoms with Crippen LogP contribution in [-0.4, -0.2) is 75.7 Å². The number of benzene rings is 1. The van der Waals surface area contributed by atoms with Crippen LogP contribution in [0.5, 0.6) is 11.5 Å². The third-order valence-corrected chi connectivity index (χ3v) is 7.25. The Morgan fingerprint density at radius 1 is 1.22 bits per heavy atom. The molecule has 1 fully saturated rings. The van der Waals surface area contributed by atoms with E-state index in [9.17, 15) is 9.59 Å². The Kier molecular flexibility index (Phi) is 9.12. The standard InChI is InChI=1S/C26H33N3O7S/c1-16-22(25(31)36-12-11-32-2)23(19-8-5-9-20(33-3)24(19)34-4)29-17(15-37-26(29)28-16)13-21(30)27-14-18-7-6-10-35-18/h5,8-9,15,18,23H,6-7,10-14H2,1-4H3,(H,27,30)/t18-,23+/m1/s1. The lowest BCUT2D eigenvalue weighted by molar-refractivity contribution is -0.141. The number of para-hydroxylation sites is 1. The van der Waals surface area contributed by atoms with Gasteiger partial charge in [0.05, 0.1) is 50.7 Å². The van der Waals surface area contributed by atoms with Crippen molar-refractivity contribution in [1.29, 1.82) is 0 Å². The summed E-state index contributed by atoms with van der Waals surface area (Å²) >= 11 is 1.41. The number of thioether (sulfide) groups is 1. The van der Waals surface area contributed by atoms with Gasteiger partial charge in [-0.25, -0.2) is 9.79 Å². The highest BCUT2D eigenvalue weighted by molar-refractivity contribution is 8.16. The molecule has 1 saturated heterocycles. The van der Waals surface area contributed by atoms with E-state index in [-0.39, 0.29) is 31.6 Å². The highest BCUT2D eigenvalue weighted by Crippen LogP contribution is 2.48. The fraction of sp³-hybridized carbons (Fsp3) is 0.500. The summed E-state index contributed by atoms with van der Waals surface area (Å²) in [5.74, 6) is 0.382. The van der Waals surface area contributed by atoms with Crippen molar-refractivity contribution in [2.45, 2.75) is 38.3 Å². The van der Waals surface area contributed by atoms with E-state index in [2.05, 4.69) is 5.32 Å². The van der Waals surface area contributed by atoms with Crippen LogP contribution in [-0.2, 0) is 23.8 Å². The van der Waals surface area contributed by atoms with Crippen LogP contribution in [0.25, 0.3) is 0 Å². The van der Waals surface area contributed by atoms with Gasteiger partial charge in [0.15, 0.2) is 16.7 Å². The van der Waals surface area contributed by atoms with Gasteiger partial charge in [0.25, 0.3) is 0 Å². The number of methoxy groups -OCH3 is 3. The van der Waals surface area contributed by atoms with Crippen LogP contribution in [0.3, 0.4) is 0 Å². The minimum atomic E-state index is -0.639. The lowest BCUT2D eigenvalue weighted by Gasteiger charge is -2.37. The van der Waals surface area contributed by atoms with Gasteiger partial charge in [-0.2, -0.15) is 0 Å². The van der Waals surface area contributed by atoms with Gasteiger partial charge in [0, 0.05) is 31.5 Å². The second-order valence-electron chi connectivity index (χ2n) is 8.72. The molecule has 2 atom stereocenters. The predicted molar refractivity (Wildman–Crippen MR) is 139 cm³/mol. The number of aliphatic imine (C=N–C) groups is 1. The van der Waals surface area contributed by atoms with E-state index in [4.69, 9.17) is 28.7 Å². The van der Waals surface area contributed by atoms with E-state index in [1.807, 2.05) is 22.4 Å². The van der Waals surface area contributed by atoms with E-state index in [0.29, 0.717) is 40.0 Å². The van der Waals surface area contributed by atoms with Crippen molar-refractivity contribution < 1.29 is 33.3 Å². The van der Waals surface area contributed by atoms with Gasteiger partial charge < -0.3 is 33.9 Å². The number of fused-ring (bicyclic) bond motifs is 1. The zero-order chi connectivity index (χ0) is 26.4. The largest absolute Gasteiger partial charge is 0.493 e. The van der Waals surface area contributed by atoms with Crippen molar-refractivity contribution in [1.82, 2.24) is 10.2 Å². The summed E-state index contributed by atoms with van der Waals surface area (Å²) in [4.78, 5) is 32.9. The Bertz CT molecular complexity index is 1110. The summed E-state index contributed by atoms with van der Waals surface area (Å²) in [6.45, 7) is 3.37. The average molecular weight is 532 g/mol. The number of rotatable bonds is 11. The van der Waals surface area contributed by atoms with Crippen molar-refractivity contribution in [3.63, 3.8) is 0 Å². The van der Waals surface area contributed by atoms with Gasteiger partial charge in [-0.05, 0) is 31.2 Å². The van der Waals surface area contributed by atoms with Gasteiger partial charge >= 0.3 is 5.97 Å². The first-order chi connectivity index (χ1) is 18.0. The molecular formula is C26H33N3O7S. The molecule has 1 aromatic carbocycles. The molecule has 1 amide bonds. The topological polar surface area (TPSA) is 108 Å². The highest BCUT2D eigenvalue weighted by atomic mass is 32.2. The molecule has 37 heavy (non-hydrogen) atoms. The summed E-state index contributed by atoms with van der Waals surface area (Å²) in [6.07, 6.45) is 2.12. The van der Waals surface area contributed by atoms with Crippen LogP contribution in [0.15, 0.2) is 45.6 Å². The van der Waals surface area contributed by atoms with Crippen molar-refractivity contribution in [3.8, 4) is 11.5 Å². The highest BCUT2D eigenvalue weighted by Gasteiger charge is 2.42. The second-order valence-corrected chi connectivity index (χ2v) is 9.56.